The van der Waals surface area contributed by atoms with Crippen LogP contribution in [0.25, 0.3) is 104 Å². The molecule has 13 rings (SSSR count). The quantitative estimate of drug-likeness (QED) is 0.149. The number of fused-ring (bicyclic) bond motifs is 8. The zero-order chi connectivity index (χ0) is 42.8. The van der Waals surface area contributed by atoms with Crippen molar-refractivity contribution in [2.75, 3.05) is 4.90 Å². The second kappa shape index (κ2) is 15.0. The molecule has 0 bridgehead atoms. The Bertz CT molecular complexity index is 3930. The molecule has 0 atom stereocenters. The molecule has 0 fully saturated rings. The molecule has 2 aromatic heterocycles. The Hall–Kier alpha value is -8.66. The summed E-state index contributed by atoms with van der Waals surface area (Å²) in [5, 5.41) is 9.28. The lowest BCUT2D eigenvalue weighted by Gasteiger charge is -2.30. The molecule has 0 aliphatic heterocycles. The van der Waals surface area contributed by atoms with Crippen LogP contribution in [0, 0.1) is 0 Å². The topological polar surface area (TPSA) is 21.3 Å². The lowest BCUT2D eigenvalue weighted by Crippen LogP contribution is -2.11. The van der Waals surface area contributed by atoms with Crippen LogP contribution >= 0.6 is 0 Å². The van der Waals surface area contributed by atoms with Crippen LogP contribution in [-0.4, -0.2) is 4.57 Å². The summed E-state index contributed by atoms with van der Waals surface area (Å²) in [5.74, 6) is 0. The number of furan rings is 1. The predicted octanol–water partition coefficient (Wildman–Crippen LogP) is 17.5. The molecule has 3 nitrogen and oxygen atoms in total. The third kappa shape index (κ3) is 5.97. The van der Waals surface area contributed by atoms with E-state index >= 15 is 0 Å². The highest BCUT2D eigenvalue weighted by molar-refractivity contribution is 6.27. The molecule has 11 aromatic carbocycles. The second-order valence-electron chi connectivity index (χ2n) is 16.8. The van der Waals surface area contributed by atoms with Crippen molar-refractivity contribution in [3.8, 4) is 39.1 Å². The van der Waals surface area contributed by atoms with Gasteiger partial charge in [-0.1, -0.05) is 170 Å². The Labute approximate surface area is 376 Å². The summed E-state index contributed by atoms with van der Waals surface area (Å²) in [6.45, 7) is 0. The van der Waals surface area contributed by atoms with Gasteiger partial charge in [-0.15, -0.1) is 0 Å². The molecule has 2 heterocycles. The fourth-order valence-corrected chi connectivity index (χ4v) is 10.3. The molecule has 3 heteroatoms. The SMILES string of the molecule is c1ccc(-c2ccc3c(N(c4ccccc4)c4ccc5c(c4)c4ccccc4n5-c4ccccc4)c4cc(-c5ccccc5)ccc4c(-c4cccc5oc6ccccc6c45)c3c2)cc1. The number of hydrogen-bond acceptors (Lipinski definition) is 2. The Morgan fingerprint density at radius 1 is 0.323 bits per heavy atom. The normalized spacial score (nSPS) is 11.7. The summed E-state index contributed by atoms with van der Waals surface area (Å²) < 4.78 is 8.96. The Morgan fingerprint density at radius 2 is 0.908 bits per heavy atom. The van der Waals surface area contributed by atoms with Crippen LogP contribution in [-0.2, 0) is 0 Å². The van der Waals surface area contributed by atoms with Crippen LogP contribution in [0.5, 0.6) is 0 Å². The number of benzene rings is 11. The zero-order valence-corrected chi connectivity index (χ0v) is 35.4. The summed E-state index contributed by atoms with van der Waals surface area (Å²) in [4.78, 5) is 2.49. The van der Waals surface area contributed by atoms with Crippen LogP contribution in [0.4, 0.5) is 17.1 Å². The summed E-state index contributed by atoms with van der Waals surface area (Å²) in [6.07, 6.45) is 0. The largest absolute Gasteiger partial charge is 0.456 e. The number of para-hydroxylation sites is 4. The van der Waals surface area contributed by atoms with E-state index in [1.54, 1.807) is 0 Å². The molecule has 0 radical (unpaired) electrons. The van der Waals surface area contributed by atoms with Crippen molar-refractivity contribution in [1.82, 2.24) is 4.57 Å². The maximum absolute atomic E-state index is 6.57. The van der Waals surface area contributed by atoms with E-state index in [-0.39, 0.29) is 0 Å². The van der Waals surface area contributed by atoms with E-state index in [4.69, 9.17) is 4.42 Å². The number of aromatic nitrogens is 1. The maximum Gasteiger partial charge on any atom is 0.136 e. The number of rotatable bonds is 7. The zero-order valence-electron chi connectivity index (χ0n) is 35.4. The second-order valence-corrected chi connectivity index (χ2v) is 16.8. The van der Waals surface area contributed by atoms with Gasteiger partial charge in [-0.2, -0.15) is 0 Å². The third-order valence-electron chi connectivity index (χ3n) is 13.1. The van der Waals surface area contributed by atoms with Gasteiger partial charge in [-0.3, -0.25) is 0 Å². The van der Waals surface area contributed by atoms with Gasteiger partial charge in [-0.25, -0.2) is 0 Å². The first kappa shape index (κ1) is 36.9. The third-order valence-corrected chi connectivity index (χ3v) is 13.1. The molecule has 0 aliphatic rings. The highest BCUT2D eigenvalue weighted by atomic mass is 16.3. The minimum Gasteiger partial charge on any atom is -0.456 e. The van der Waals surface area contributed by atoms with Gasteiger partial charge in [-0.05, 0) is 117 Å². The van der Waals surface area contributed by atoms with E-state index in [0.29, 0.717) is 0 Å². The summed E-state index contributed by atoms with van der Waals surface area (Å²) in [6, 6.07) is 87.9. The van der Waals surface area contributed by atoms with Crippen molar-refractivity contribution < 1.29 is 4.42 Å². The van der Waals surface area contributed by atoms with Crippen LogP contribution < -0.4 is 4.90 Å². The average Bonchev–Trinajstić information content (AvgIpc) is 3.93. The van der Waals surface area contributed by atoms with Crippen molar-refractivity contribution in [2.24, 2.45) is 0 Å². The van der Waals surface area contributed by atoms with Gasteiger partial charge in [0.25, 0.3) is 0 Å². The van der Waals surface area contributed by atoms with Crippen molar-refractivity contribution >= 4 is 82.4 Å². The van der Waals surface area contributed by atoms with Gasteiger partial charge in [0.1, 0.15) is 11.2 Å². The van der Waals surface area contributed by atoms with E-state index in [2.05, 4.69) is 252 Å². The van der Waals surface area contributed by atoms with Gasteiger partial charge in [0.2, 0.25) is 0 Å². The molecular formula is C62H40N2O. The lowest BCUT2D eigenvalue weighted by atomic mass is 9.85. The molecule has 0 spiro atoms. The minimum atomic E-state index is 0.878. The van der Waals surface area contributed by atoms with Gasteiger partial charge in [0, 0.05) is 49.4 Å². The van der Waals surface area contributed by atoms with E-state index in [1.807, 2.05) is 0 Å². The summed E-state index contributed by atoms with van der Waals surface area (Å²) in [7, 11) is 0. The average molecular weight is 829 g/mol. The lowest BCUT2D eigenvalue weighted by molar-refractivity contribution is 0.669. The molecule has 0 saturated heterocycles. The van der Waals surface area contributed by atoms with E-state index in [1.165, 1.54) is 43.9 Å². The molecular weight excluding hydrogens is 789 g/mol. The fourth-order valence-electron chi connectivity index (χ4n) is 10.3. The summed E-state index contributed by atoms with van der Waals surface area (Å²) in [5.41, 5.74) is 15.5. The van der Waals surface area contributed by atoms with Crippen molar-refractivity contribution in [2.45, 2.75) is 0 Å². The van der Waals surface area contributed by atoms with Gasteiger partial charge in [0.15, 0.2) is 0 Å². The highest BCUT2D eigenvalue weighted by Gasteiger charge is 2.26. The standard InChI is InChI=1S/C62H40N2O/c1-5-18-41(19-6-1)43-33-36-50-54(38-43)60(52-28-17-31-59-61(52)51-27-14-16-30-58(51)65-59)49-35-32-44(42-20-7-2-8-21-42)39-55(49)62(50)63(45-22-9-3-10-23-45)47-34-37-57-53(40-47)48-26-13-15-29-56(48)64(57)46-24-11-4-12-25-46/h1-40H. The van der Waals surface area contributed by atoms with Crippen LogP contribution in [0.3, 0.4) is 0 Å². The van der Waals surface area contributed by atoms with E-state index in [9.17, 15) is 0 Å². The minimum absolute atomic E-state index is 0.878. The maximum atomic E-state index is 6.57. The number of nitrogens with zero attached hydrogens (tertiary/aromatic N) is 2. The molecule has 304 valence electrons. The smallest absolute Gasteiger partial charge is 0.136 e. The van der Waals surface area contributed by atoms with Crippen LogP contribution in [0.2, 0.25) is 0 Å². The van der Waals surface area contributed by atoms with Crippen molar-refractivity contribution in [1.29, 1.82) is 0 Å². The van der Waals surface area contributed by atoms with Gasteiger partial charge >= 0.3 is 0 Å². The molecule has 65 heavy (non-hydrogen) atoms. The van der Waals surface area contributed by atoms with E-state index in [0.717, 1.165) is 77.5 Å². The fraction of sp³-hybridized carbons (Fsp3) is 0. The van der Waals surface area contributed by atoms with E-state index < -0.39 is 0 Å². The molecule has 0 aliphatic carbocycles. The monoisotopic (exact) mass is 828 g/mol. The molecule has 0 saturated carbocycles. The first-order valence-electron chi connectivity index (χ1n) is 22.3. The first-order valence-corrected chi connectivity index (χ1v) is 22.3. The number of hydrogen-bond donors (Lipinski definition) is 0. The summed E-state index contributed by atoms with van der Waals surface area (Å²) >= 11 is 0. The highest BCUT2D eigenvalue weighted by Crippen LogP contribution is 2.52. The molecule has 13 aromatic rings. The van der Waals surface area contributed by atoms with Crippen molar-refractivity contribution in [3.63, 3.8) is 0 Å². The predicted molar refractivity (Wildman–Crippen MR) is 274 cm³/mol. The Balaban J connectivity index is 1.19. The Morgan fingerprint density at radius 3 is 1.65 bits per heavy atom. The van der Waals surface area contributed by atoms with Gasteiger partial charge in [0.05, 0.1) is 16.7 Å². The number of anilines is 3. The Kier molecular flexibility index (Phi) is 8.53. The van der Waals surface area contributed by atoms with Crippen molar-refractivity contribution in [3.05, 3.63) is 243 Å². The molecule has 0 N–H and O–H groups in total. The van der Waals surface area contributed by atoms with Crippen LogP contribution in [0.15, 0.2) is 247 Å². The molecule has 0 unspecified atom stereocenters. The van der Waals surface area contributed by atoms with Gasteiger partial charge < -0.3 is 13.9 Å². The molecule has 0 amide bonds. The first-order chi connectivity index (χ1) is 32.3. The van der Waals surface area contributed by atoms with Crippen LogP contribution in [0.1, 0.15) is 0 Å².